The number of likely N-dealkylation sites (tertiary alicyclic amines) is 1. The van der Waals surface area contributed by atoms with Gasteiger partial charge in [-0.15, -0.1) is 11.6 Å². The number of piperidine rings is 1. The van der Waals surface area contributed by atoms with Gasteiger partial charge in [-0.05, 0) is 25.7 Å². The Hall–Kier alpha value is -0.240. The van der Waals surface area contributed by atoms with Crippen LogP contribution in [0.2, 0.25) is 0 Å². The van der Waals surface area contributed by atoms with E-state index >= 15 is 0 Å². The van der Waals surface area contributed by atoms with Crippen LogP contribution in [-0.4, -0.2) is 29.3 Å². The van der Waals surface area contributed by atoms with Gasteiger partial charge in [0.15, 0.2) is 0 Å². The zero-order chi connectivity index (χ0) is 10.7. The predicted octanol–water partition coefficient (Wildman–Crippen LogP) is 2.80. The van der Waals surface area contributed by atoms with Crippen molar-refractivity contribution in [3.8, 4) is 0 Å². The standard InChI is InChI=1S/C12H20ClNO/c13-11-6-8-14(9-7-11)12(15)10-4-2-1-3-5-10/h10-11H,1-9H2. The first-order valence-corrected chi connectivity index (χ1v) is 6.64. The van der Waals surface area contributed by atoms with Crippen molar-refractivity contribution < 1.29 is 4.79 Å². The lowest BCUT2D eigenvalue weighted by Gasteiger charge is -2.33. The maximum absolute atomic E-state index is 12.1. The highest BCUT2D eigenvalue weighted by molar-refractivity contribution is 6.20. The van der Waals surface area contributed by atoms with E-state index in [0.717, 1.165) is 38.8 Å². The molecule has 2 aliphatic rings. The zero-order valence-electron chi connectivity index (χ0n) is 9.25. The van der Waals surface area contributed by atoms with E-state index in [0.29, 0.717) is 17.2 Å². The molecule has 0 bridgehead atoms. The molecule has 86 valence electrons. The molecule has 0 aromatic carbocycles. The highest BCUT2D eigenvalue weighted by atomic mass is 35.5. The van der Waals surface area contributed by atoms with Gasteiger partial charge in [0.2, 0.25) is 5.91 Å². The minimum Gasteiger partial charge on any atom is -0.342 e. The van der Waals surface area contributed by atoms with Gasteiger partial charge in [-0.3, -0.25) is 4.79 Å². The van der Waals surface area contributed by atoms with Gasteiger partial charge in [-0.2, -0.15) is 0 Å². The van der Waals surface area contributed by atoms with Gasteiger partial charge < -0.3 is 4.90 Å². The Morgan fingerprint density at radius 3 is 2.20 bits per heavy atom. The van der Waals surface area contributed by atoms with Crippen LogP contribution in [0.15, 0.2) is 0 Å². The van der Waals surface area contributed by atoms with Gasteiger partial charge >= 0.3 is 0 Å². The maximum atomic E-state index is 12.1. The summed E-state index contributed by atoms with van der Waals surface area (Å²) < 4.78 is 0. The normalized spacial score (nSPS) is 25.5. The third-order valence-corrected chi connectivity index (χ3v) is 4.13. The average Bonchev–Trinajstić information content (AvgIpc) is 2.30. The number of alkyl halides is 1. The predicted molar refractivity (Wildman–Crippen MR) is 62.0 cm³/mol. The summed E-state index contributed by atoms with van der Waals surface area (Å²) in [6.07, 6.45) is 7.96. The molecule has 0 atom stereocenters. The summed E-state index contributed by atoms with van der Waals surface area (Å²) in [6, 6.07) is 0. The number of hydrogen-bond donors (Lipinski definition) is 0. The Morgan fingerprint density at radius 2 is 1.60 bits per heavy atom. The highest BCUT2D eigenvalue weighted by Gasteiger charge is 2.28. The zero-order valence-corrected chi connectivity index (χ0v) is 10.0. The lowest BCUT2D eigenvalue weighted by atomic mass is 9.88. The van der Waals surface area contributed by atoms with Crippen LogP contribution in [0.5, 0.6) is 0 Å². The fraction of sp³-hybridized carbons (Fsp3) is 0.917. The summed E-state index contributed by atoms with van der Waals surface area (Å²) in [5.74, 6) is 0.726. The Bertz CT molecular complexity index is 218. The molecule has 1 aliphatic heterocycles. The van der Waals surface area contributed by atoms with Crippen LogP contribution in [0, 0.1) is 5.92 Å². The first-order valence-electron chi connectivity index (χ1n) is 6.20. The molecule has 0 radical (unpaired) electrons. The van der Waals surface area contributed by atoms with E-state index < -0.39 is 0 Å². The molecular weight excluding hydrogens is 210 g/mol. The minimum atomic E-state index is 0.292. The van der Waals surface area contributed by atoms with E-state index in [1.54, 1.807) is 0 Å². The van der Waals surface area contributed by atoms with Crippen molar-refractivity contribution in [3.05, 3.63) is 0 Å². The van der Waals surface area contributed by atoms with E-state index in [2.05, 4.69) is 0 Å². The third-order valence-electron chi connectivity index (χ3n) is 3.69. The van der Waals surface area contributed by atoms with E-state index in [1.165, 1.54) is 19.3 Å². The fourth-order valence-electron chi connectivity index (χ4n) is 2.68. The summed E-state index contributed by atoms with van der Waals surface area (Å²) in [4.78, 5) is 14.2. The van der Waals surface area contributed by atoms with E-state index in [4.69, 9.17) is 11.6 Å². The molecule has 0 aromatic rings. The molecule has 15 heavy (non-hydrogen) atoms. The second-order valence-corrected chi connectivity index (χ2v) is 5.45. The van der Waals surface area contributed by atoms with E-state index in [1.807, 2.05) is 4.90 Å². The van der Waals surface area contributed by atoms with Gasteiger partial charge in [0.05, 0.1) is 0 Å². The Kier molecular flexibility index (Phi) is 3.90. The van der Waals surface area contributed by atoms with Gasteiger partial charge in [-0.25, -0.2) is 0 Å². The molecule has 1 saturated carbocycles. The van der Waals surface area contributed by atoms with Crippen LogP contribution in [0.25, 0.3) is 0 Å². The number of halogens is 1. The molecular formula is C12H20ClNO. The summed E-state index contributed by atoms with van der Waals surface area (Å²) in [5.41, 5.74) is 0. The second-order valence-electron chi connectivity index (χ2n) is 4.83. The van der Waals surface area contributed by atoms with Crippen molar-refractivity contribution in [2.24, 2.45) is 5.92 Å². The van der Waals surface area contributed by atoms with E-state index in [9.17, 15) is 4.79 Å². The average molecular weight is 230 g/mol. The molecule has 0 spiro atoms. The molecule has 2 nitrogen and oxygen atoms in total. The molecule has 3 heteroatoms. The molecule has 2 fully saturated rings. The van der Waals surface area contributed by atoms with Gasteiger partial charge in [0.1, 0.15) is 0 Å². The quantitative estimate of drug-likeness (QED) is 0.634. The third kappa shape index (κ3) is 2.87. The molecule has 0 unspecified atom stereocenters. The number of carbonyl (C=O) groups excluding carboxylic acids is 1. The highest BCUT2D eigenvalue weighted by Crippen LogP contribution is 2.27. The molecule has 0 aromatic heterocycles. The Balaban J connectivity index is 1.84. The number of hydrogen-bond acceptors (Lipinski definition) is 1. The molecule has 1 heterocycles. The Labute approximate surface area is 97.0 Å². The number of carbonyl (C=O) groups is 1. The Morgan fingerprint density at radius 1 is 1.00 bits per heavy atom. The maximum Gasteiger partial charge on any atom is 0.225 e. The van der Waals surface area contributed by atoms with Gasteiger partial charge in [-0.1, -0.05) is 19.3 Å². The second kappa shape index (κ2) is 5.20. The van der Waals surface area contributed by atoms with Crippen LogP contribution in [0.3, 0.4) is 0 Å². The summed E-state index contributed by atoms with van der Waals surface area (Å²) in [7, 11) is 0. The molecule has 0 N–H and O–H groups in total. The molecule has 1 amide bonds. The van der Waals surface area contributed by atoms with Crippen molar-refractivity contribution in [3.63, 3.8) is 0 Å². The number of amides is 1. The SMILES string of the molecule is O=C(C1CCCCC1)N1CCC(Cl)CC1. The number of rotatable bonds is 1. The molecule has 1 saturated heterocycles. The number of nitrogens with zero attached hydrogens (tertiary/aromatic N) is 1. The van der Waals surface area contributed by atoms with Crippen LogP contribution in [0.1, 0.15) is 44.9 Å². The van der Waals surface area contributed by atoms with Crippen LogP contribution < -0.4 is 0 Å². The fourth-order valence-corrected chi connectivity index (χ4v) is 2.87. The monoisotopic (exact) mass is 229 g/mol. The van der Waals surface area contributed by atoms with Crippen molar-refractivity contribution in [2.45, 2.75) is 50.3 Å². The summed E-state index contributed by atoms with van der Waals surface area (Å²) in [6.45, 7) is 1.76. The minimum absolute atomic E-state index is 0.292. The van der Waals surface area contributed by atoms with Crippen molar-refractivity contribution in [1.82, 2.24) is 4.90 Å². The van der Waals surface area contributed by atoms with Gasteiger partial charge in [0, 0.05) is 24.4 Å². The summed E-state index contributed by atoms with van der Waals surface area (Å²) >= 11 is 6.03. The van der Waals surface area contributed by atoms with Gasteiger partial charge in [0.25, 0.3) is 0 Å². The van der Waals surface area contributed by atoms with Crippen LogP contribution in [0.4, 0.5) is 0 Å². The lowest BCUT2D eigenvalue weighted by Crippen LogP contribution is -2.42. The van der Waals surface area contributed by atoms with Crippen molar-refractivity contribution >= 4 is 17.5 Å². The van der Waals surface area contributed by atoms with Crippen molar-refractivity contribution in [1.29, 1.82) is 0 Å². The van der Waals surface area contributed by atoms with Crippen LogP contribution in [-0.2, 0) is 4.79 Å². The topological polar surface area (TPSA) is 20.3 Å². The molecule has 2 rings (SSSR count). The first-order chi connectivity index (χ1) is 7.27. The largest absolute Gasteiger partial charge is 0.342 e. The smallest absolute Gasteiger partial charge is 0.225 e. The van der Waals surface area contributed by atoms with E-state index in [-0.39, 0.29) is 0 Å². The van der Waals surface area contributed by atoms with Crippen molar-refractivity contribution in [2.75, 3.05) is 13.1 Å². The lowest BCUT2D eigenvalue weighted by molar-refractivity contribution is -0.137. The molecule has 1 aliphatic carbocycles. The summed E-state index contributed by atoms with van der Waals surface area (Å²) in [5, 5.41) is 0.292. The first kappa shape index (κ1) is 11.3. The van der Waals surface area contributed by atoms with Crippen LogP contribution >= 0.6 is 11.6 Å².